The van der Waals surface area contributed by atoms with Gasteiger partial charge in [-0.05, 0) is 90.0 Å². The molecule has 292 valence electrons. The topological polar surface area (TPSA) is 17.8 Å². The first-order valence-electron chi connectivity index (χ1n) is 23.2. The quantitative estimate of drug-likeness (QED) is 0.116. The Morgan fingerprint density at radius 1 is 0.375 bits per heavy atom. The van der Waals surface area contributed by atoms with Gasteiger partial charge in [-0.2, -0.15) is 0 Å². The van der Waals surface area contributed by atoms with Crippen molar-refractivity contribution < 1.29 is 0 Å². The van der Waals surface area contributed by atoms with Crippen molar-refractivity contribution in [1.29, 1.82) is 0 Å². The summed E-state index contributed by atoms with van der Waals surface area (Å²) in [5, 5.41) is 4.90. The van der Waals surface area contributed by atoms with Crippen LogP contribution in [0.5, 0.6) is 0 Å². The normalized spacial score (nSPS) is 12.1. The smallest absolute Gasteiger partial charge is 0.139 e. The fourth-order valence-electron chi connectivity index (χ4n) is 10.5. The summed E-state index contributed by atoms with van der Waals surface area (Å²) < 4.78 is 2.42. The van der Waals surface area contributed by atoms with Gasteiger partial charge in [0.15, 0.2) is 0 Å². The second-order valence-corrected chi connectivity index (χ2v) is 20.3. The maximum Gasteiger partial charge on any atom is 0.139 e. The molecular weight excluding hydrogens is 755 g/mol. The molecule has 0 fully saturated rings. The predicted molar refractivity (Wildman–Crippen MR) is 327 cm³/mol. The SMILES string of the molecule is Bc1c(B)c(B)c(-c2ccc3c(-c4ccc(-c5ccccc5-n5c(C(B)(B)C(B)(B)B)nc6ccccc65)cc4)c4ccccc4c(-c4c(B)c(B)c(B)c(B)c4B)c3c2)c(B)c1B. The molecule has 0 unspecified atom stereocenters. The number of para-hydroxylation sites is 3. The number of hydrogen-bond donors (Lipinski definition) is 0. The van der Waals surface area contributed by atoms with Gasteiger partial charge >= 0.3 is 0 Å². The number of benzene rings is 8. The van der Waals surface area contributed by atoms with Crippen LogP contribution in [0.15, 0.2) is 115 Å². The Labute approximate surface area is 393 Å². The van der Waals surface area contributed by atoms with E-state index in [-0.39, 0.29) is 10.3 Å². The number of nitrogens with zero attached hydrogens (tertiary/aromatic N) is 2. The Kier molecular flexibility index (Phi) is 11.0. The zero-order valence-electron chi connectivity index (χ0n) is 40.9. The molecular formula is C47H49B15N2. The van der Waals surface area contributed by atoms with E-state index in [4.69, 9.17) is 4.98 Å². The van der Waals surface area contributed by atoms with Crippen molar-refractivity contribution in [2.75, 3.05) is 0 Å². The third-order valence-electron chi connectivity index (χ3n) is 16.2. The summed E-state index contributed by atoms with van der Waals surface area (Å²) in [7, 11) is 34.6. The Hall–Kier alpha value is -5.28. The molecule has 0 spiro atoms. The molecule has 2 nitrogen and oxygen atoms in total. The van der Waals surface area contributed by atoms with Crippen molar-refractivity contribution in [3.05, 3.63) is 121 Å². The van der Waals surface area contributed by atoms with E-state index in [1.165, 1.54) is 121 Å². The van der Waals surface area contributed by atoms with Gasteiger partial charge < -0.3 is 0 Å². The number of imidazole rings is 1. The molecule has 0 N–H and O–H groups in total. The van der Waals surface area contributed by atoms with Crippen LogP contribution in [0.2, 0.25) is 5.11 Å². The van der Waals surface area contributed by atoms with Crippen LogP contribution in [0.4, 0.5) is 0 Å². The van der Waals surface area contributed by atoms with Gasteiger partial charge in [0.05, 0.1) is 40.3 Å². The van der Waals surface area contributed by atoms with Crippen molar-refractivity contribution in [2.24, 2.45) is 0 Å². The van der Waals surface area contributed by atoms with E-state index < -0.39 is 0 Å². The highest BCUT2D eigenvalue weighted by atomic mass is 15.1. The first-order valence-corrected chi connectivity index (χ1v) is 23.2. The van der Waals surface area contributed by atoms with Crippen LogP contribution in [0.3, 0.4) is 0 Å². The van der Waals surface area contributed by atoms with Gasteiger partial charge in [-0.1, -0.05) is 113 Å². The monoisotopic (exact) mass is 807 g/mol. The van der Waals surface area contributed by atoms with Crippen molar-refractivity contribution in [3.63, 3.8) is 0 Å². The lowest BCUT2D eigenvalue weighted by molar-refractivity contribution is 0.757. The van der Waals surface area contributed by atoms with Crippen molar-refractivity contribution in [3.8, 4) is 50.2 Å². The number of rotatable bonds is 7. The standard InChI is InChI=1S/C47H49B15N2/c48-35-32(36(49)40(53)43(56)39(35)52)22-17-18-26-27(19-22)33(34-37(50)41(54)44(57)42(55)38(34)51)25-9-2-1-8-24(25)31(26)21-15-13-20(14-16-21)23-7-3-5-11-29(23)64-30-12-6-4-10-28(30)63-45(64)46(58,59)47(60,61)62/h1-19H,48-62H2. The van der Waals surface area contributed by atoms with E-state index in [1.807, 2.05) is 0 Å². The van der Waals surface area contributed by atoms with Crippen molar-refractivity contribution >= 4 is 205 Å². The molecule has 0 radical (unpaired) electrons. The van der Waals surface area contributed by atoms with Gasteiger partial charge in [0.1, 0.15) is 100.0 Å². The fraction of sp³-hybridized carbons (Fsp3) is 0.0426. The zero-order chi connectivity index (χ0) is 45.7. The van der Waals surface area contributed by atoms with Gasteiger partial charge in [0.2, 0.25) is 0 Å². The first kappa shape index (κ1) is 44.0. The van der Waals surface area contributed by atoms with Gasteiger partial charge in [0, 0.05) is 5.56 Å². The third kappa shape index (κ3) is 6.73. The average molecular weight is 804 g/mol. The largest absolute Gasteiger partial charge is 0.296 e. The lowest BCUT2D eigenvalue weighted by Gasteiger charge is -2.39. The van der Waals surface area contributed by atoms with E-state index in [2.05, 4.69) is 238 Å². The minimum atomic E-state index is -0.210. The summed E-state index contributed by atoms with van der Waals surface area (Å²) in [5.74, 6) is 1.08. The molecule has 0 amide bonds. The molecule has 9 rings (SSSR count). The molecule has 1 heterocycles. The molecule has 64 heavy (non-hydrogen) atoms. The average Bonchev–Trinajstić information content (AvgIpc) is 3.69. The molecule has 9 aromatic rings. The van der Waals surface area contributed by atoms with E-state index in [9.17, 15) is 0 Å². The van der Waals surface area contributed by atoms with Gasteiger partial charge in [0.25, 0.3) is 0 Å². The molecule has 0 aliphatic rings. The Morgan fingerprint density at radius 2 is 0.828 bits per heavy atom. The predicted octanol–water partition coefficient (Wildman–Crippen LogP) is -10.0. The zero-order valence-corrected chi connectivity index (χ0v) is 40.9. The summed E-state index contributed by atoms with van der Waals surface area (Å²) in [6, 6.07) is 43.2. The van der Waals surface area contributed by atoms with Crippen LogP contribution >= 0.6 is 0 Å². The van der Waals surface area contributed by atoms with Crippen LogP contribution < -0.4 is 54.6 Å². The second-order valence-electron chi connectivity index (χ2n) is 20.3. The molecule has 8 aromatic carbocycles. The highest BCUT2D eigenvalue weighted by Gasteiger charge is 2.39. The minimum absolute atomic E-state index is 0.0191. The van der Waals surface area contributed by atoms with Crippen LogP contribution in [-0.2, 0) is 5.21 Å². The van der Waals surface area contributed by atoms with E-state index in [0.29, 0.717) is 0 Å². The van der Waals surface area contributed by atoms with Crippen LogP contribution in [0, 0.1) is 0 Å². The summed E-state index contributed by atoms with van der Waals surface area (Å²) in [6.07, 6.45) is 0. The molecule has 0 saturated carbocycles. The molecule has 0 aliphatic heterocycles. The number of aromatic nitrogens is 2. The molecule has 1 aromatic heterocycles. The van der Waals surface area contributed by atoms with Gasteiger partial charge in [-0.3, -0.25) is 4.57 Å². The van der Waals surface area contributed by atoms with Gasteiger partial charge in [-0.15, -0.1) is 37.9 Å². The molecule has 0 bridgehead atoms. The lowest BCUT2D eigenvalue weighted by Crippen LogP contribution is -2.55. The van der Waals surface area contributed by atoms with Crippen LogP contribution in [-0.4, -0.2) is 127 Å². The van der Waals surface area contributed by atoms with Gasteiger partial charge in [-0.25, -0.2) is 4.98 Å². The van der Waals surface area contributed by atoms with Crippen molar-refractivity contribution in [1.82, 2.24) is 9.55 Å². The number of fused-ring (bicyclic) bond motifs is 3. The highest BCUT2D eigenvalue weighted by Crippen LogP contribution is 2.45. The fourth-order valence-corrected chi connectivity index (χ4v) is 10.5. The lowest BCUT2D eigenvalue weighted by atomic mass is 9.23. The Balaban J connectivity index is 1.31. The third-order valence-corrected chi connectivity index (χ3v) is 16.2. The minimum Gasteiger partial charge on any atom is -0.296 e. The molecule has 17 heteroatoms. The summed E-state index contributed by atoms with van der Waals surface area (Å²) in [4.78, 5) is 5.34. The highest BCUT2D eigenvalue weighted by molar-refractivity contribution is 6.70. The van der Waals surface area contributed by atoms with E-state index >= 15 is 0 Å². The van der Waals surface area contributed by atoms with Crippen molar-refractivity contribution in [2.45, 2.75) is 10.3 Å². The maximum atomic E-state index is 5.34. The molecule has 0 saturated heterocycles. The second kappa shape index (κ2) is 16.0. The van der Waals surface area contributed by atoms with E-state index in [0.717, 1.165) is 22.5 Å². The maximum absolute atomic E-state index is 5.34. The molecule has 0 atom stereocenters. The Bertz CT molecular complexity index is 3350. The number of hydrogen-bond acceptors (Lipinski definition) is 1. The summed E-state index contributed by atoms with van der Waals surface area (Å²) in [5.41, 5.74) is 27.2. The first-order chi connectivity index (χ1) is 30.3. The molecule has 0 aliphatic carbocycles. The van der Waals surface area contributed by atoms with Crippen LogP contribution in [0.25, 0.3) is 82.8 Å². The summed E-state index contributed by atoms with van der Waals surface area (Å²) in [6.45, 7) is 0. The Morgan fingerprint density at radius 3 is 1.42 bits per heavy atom. The van der Waals surface area contributed by atoms with E-state index in [1.54, 1.807) is 0 Å². The summed E-state index contributed by atoms with van der Waals surface area (Å²) >= 11 is 0. The van der Waals surface area contributed by atoms with Crippen LogP contribution in [0.1, 0.15) is 5.82 Å².